The average Bonchev–Trinajstić information content (AvgIpc) is 2.98. The fourth-order valence-electron chi connectivity index (χ4n) is 1.98. The summed E-state index contributed by atoms with van der Waals surface area (Å²) in [6, 6.07) is 0. The van der Waals surface area contributed by atoms with Crippen molar-refractivity contribution >= 4 is 23.0 Å². The van der Waals surface area contributed by atoms with Gasteiger partial charge in [0.2, 0.25) is 0 Å². The molecule has 2 aromatic heterocycles. The zero-order valence-corrected chi connectivity index (χ0v) is 12.9. The molecule has 0 unspecified atom stereocenters. The Labute approximate surface area is 124 Å². The van der Waals surface area contributed by atoms with Gasteiger partial charge >= 0.3 is 0 Å². The minimum atomic E-state index is 0.613. The highest BCUT2D eigenvalue weighted by molar-refractivity contribution is 7.80. The molecule has 0 saturated heterocycles. The Bertz CT molecular complexity index is 585. The fraction of sp³-hybridized carbons (Fsp3) is 0.462. The van der Waals surface area contributed by atoms with Gasteiger partial charge in [0.1, 0.15) is 0 Å². The Morgan fingerprint density at radius 1 is 1.30 bits per heavy atom. The minimum absolute atomic E-state index is 0.613. The van der Waals surface area contributed by atoms with Crippen molar-refractivity contribution in [2.75, 3.05) is 11.9 Å². The third kappa shape index (κ3) is 3.36. The summed E-state index contributed by atoms with van der Waals surface area (Å²) >= 11 is 5.14. The van der Waals surface area contributed by atoms with Gasteiger partial charge in [0, 0.05) is 30.5 Å². The second-order valence-electron chi connectivity index (χ2n) is 4.48. The van der Waals surface area contributed by atoms with Crippen molar-refractivity contribution < 1.29 is 0 Å². The lowest BCUT2D eigenvalue weighted by Gasteiger charge is -2.05. The Balaban J connectivity index is 2.02. The molecule has 2 N–H and O–H groups in total. The molecule has 0 saturated carbocycles. The summed E-state index contributed by atoms with van der Waals surface area (Å²) in [6.45, 7) is 8.56. The first-order valence-corrected chi connectivity index (χ1v) is 7.13. The number of aromatic nitrogens is 4. The molecule has 0 atom stereocenters. The predicted octanol–water partition coefficient (Wildman–Crippen LogP) is 1.76. The summed E-state index contributed by atoms with van der Waals surface area (Å²) in [5.41, 5.74) is 3.24. The highest BCUT2D eigenvalue weighted by Gasteiger charge is 2.07. The van der Waals surface area contributed by atoms with Crippen molar-refractivity contribution in [2.24, 2.45) is 0 Å². The Morgan fingerprint density at radius 3 is 2.75 bits per heavy atom. The van der Waals surface area contributed by atoms with Crippen LogP contribution in [0.3, 0.4) is 0 Å². The van der Waals surface area contributed by atoms with E-state index in [1.165, 1.54) is 11.3 Å². The van der Waals surface area contributed by atoms with Crippen LogP contribution in [0.15, 0.2) is 18.6 Å². The summed E-state index contributed by atoms with van der Waals surface area (Å²) in [6.07, 6.45) is 5.60. The van der Waals surface area contributed by atoms with Crippen LogP contribution in [-0.4, -0.2) is 31.2 Å². The number of thiocarbonyl (C=S) groups is 1. The number of hydrogen-bond donors (Lipinski definition) is 2. The monoisotopic (exact) mass is 292 g/mol. The molecule has 0 spiro atoms. The summed E-state index contributed by atoms with van der Waals surface area (Å²) in [5, 5.41) is 15.4. The second kappa shape index (κ2) is 6.51. The van der Waals surface area contributed by atoms with Gasteiger partial charge < -0.3 is 10.6 Å². The van der Waals surface area contributed by atoms with E-state index in [0.717, 1.165) is 18.8 Å². The molecule has 0 aliphatic heterocycles. The van der Waals surface area contributed by atoms with Gasteiger partial charge in [-0.1, -0.05) is 0 Å². The van der Waals surface area contributed by atoms with Gasteiger partial charge in [-0.05, 0) is 33.0 Å². The molecular formula is C13H20N6S. The van der Waals surface area contributed by atoms with Gasteiger partial charge in [0.25, 0.3) is 0 Å². The molecule has 20 heavy (non-hydrogen) atoms. The third-order valence-corrected chi connectivity index (χ3v) is 3.31. The molecule has 0 radical (unpaired) electrons. The number of hydrogen-bond acceptors (Lipinski definition) is 3. The smallest absolute Gasteiger partial charge is 0.170 e. The lowest BCUT2D eigenvalue weighted by Crippen LogP contribution is -2.27. The van der Waals surface area contributed by atoms with Crippen LogP contribution in [0.4, 0.5) is 5.69 Å². The molecule has 2 aromatic rings. The van der Waals surface area contributed by atoms with Crippen LogP contribution < -0.4 is 10.6 Å². The number of rotatable bonds is 5. The molecule has 0 fully saturated rings. The Morgan fingerprint density at radius 2 is 2.10 bits per heavy atom. The van der Waals surface area contributed by atoms with Crippen LogP contribution in [0.5, 0.6) is 0 Å². The molecule has 108 valence electrons. The zero-order chi connectivity index (χ0) is 14.5. The number of nitrogens with one attached hydrogen (secondary N) is 2. The molecule has 0 aromatic carbocycles. The molecule has 0 aliphatic carbocycles. The minimum Gasteiger partial charge on any atom is -0.363 e. The van der Waals surface area contributed by atoms with E-state index in [4.69, 9.17) is 12.2 Å². The van der Waals surface area contributed by atoms with Crippen LogP contribution in [-0.2, 0) is 13.1 Å². The molecule has 6 nitrogen and oxygen atoms in total. The number of nitrogens with zero attached hydrogens (tertiary/aromatic N) is 4. The summed E-state index contributed by atoms with van der Waals surface area (Å²) < 4.78 is 3.86. The standard InChI is InChI=1S/C13H20N6S/c1-4-14-13(20)17-12-7-15-18(9-12)8-11-6-16-19(5-2)10(11)3/h6-7,9H,4-5,8H2,1-3H3,(H2,14,17,20). The predicted molar refractivity (Wildman–Crippen MR) is 83.9 cm³/mol. The molecule has 0 amide bonds. The third-order valence-electron chi connectivity index (χ3n) is 3.07. The SMILES string of the molecule is CCNC(=S)Nc1cnn(Cc2cnn(CC)c2C)c1. The molecule has 7 heteroatoms. The summed E-state index contributed by atoms with van der Waals surface area (Å²) in [4.78, 5) is 0. The molecule has 2 rings (SSSR count). The van der Waals surface area contributed by atoms with Crippen LogP contribution in [0.25, 0.3) is 0 Å². The van der Waals surface area contributed by atoms with Gasteiger partial charge in [-0.2, -0.15) is 10.2 Å². The lowest BCUT2D eigenvalue weighted by atomic mass is 10.2. The van der Waals surface area contributed by atoms with Gasteiger partial charge in [-0.15, -0.1) is 0 Å². The van der Waals surface area contributed by atoms with Crippen molar-refractivity contribution in [2.45, 2.75) is 33.9 Å². The van der Waals surface area contributed by atoms with Crippen LogP contribution in [0, 0.1) is 6.92 Å². The molecule has 0 bridgehead atoms. The van der Waals surface area contributed by atoms with Gasteiger partial charge in [0.05, 0.1) is 24.6 Å². The van der Waals surface area contributed by atoms with E-state index in [9.17, 15) is 0 Å². The van der Waals surface area contributed by atoms with E-state index in [0.29, 0.717) is 11.7 Å². The highest BCUT2D eigenvalue weighted by Crippen LogP contribution is 2.11. The maximum absolute atomic E-state index is 5.14. The first-order valence-electron chi connectivity index (χ1n) is 6.72. The van der Waals surface area contributed by atoms with Gasteiger partial charge in [-0.25, -0.2) is 0 Å². The van der Waals surface area contributed by atoms with Gasteiger partial charge in [0.15, 0.2) is 5.11 Å². The Hall–Kier alpha value is -1.89. The summed E-state index contributed by atoms with van der Waals surface area (Å²) in [5.74, 6) is 0. The fourth-order valence-corrected chi connectivity index (χ4v) is 2.25. The van der Waals surface area contributed by atoms with E-state index in [1.807, 2.05) is 28.7 Å². The zero-order valence-electron chi connectivity index (χ0n) is 12.1. The maximum Gasteiger partial charge on any atom is 0.170 e. The highest BCUT2D eigenvalue weighted by atomic mass is 32.1. The molecule has 2 heterocycles. The quantitative estimate of drug-likeness (QED) is 0.822. The maximum atomic E-state index is 5.14. The van der Waals surface area contributed by atoms with E-state index in [2.05, 4.69) is 34.7 Å². The van der Waals surface area contributed by atoms with E-state index < -0.39 is 0 Å². The van der Waals surface area contributed by atoms with Crippen molar-refractivity contribution in [3.8, 4) is 0 Å². The lowest BCUT2D eigenvalue weighted by molar-refractivity contribution is 0.633. The molecule has 0 aliphatic rings. The van der Waals surface area contributed by atoms with Crippen LogP contribution in [0.2, 0.25) is 0 Å². The summed E-state index contributed by atoms with van der Waals surface area (Å²) in [7, 11) is 0. The van der Waals surface area contributed by atoms with E-state index >= 15 is 0 Å². The number of anilines is 1. The van der Waals surface area contributed by atoms with E-state index in [1.54, 1.807) is 6.20 Å². The second-order valence-corrected chi connectivity index (χ2v) is 4.89. The van der Waals surface area contributed by atoms with Crippen molar-refractivity contribution in [3.63, 3.8) is 0 Å². The van der Waals surface area contributed by atoms with Crippen molar-refractivity contribution in [1.29, 1.82) is 0 Å². The average molecular weight is 292 g/mol. The van der Waals surface area contributed by atoms with Crippen LogP contribution >= 0.6 is 12.2 Å². The van der Waals surface area contributed by atoms with Crippen molar-refractivity contribution in [3.05, 3.63) is 29.8 Å². The molecular weight excluding hydrogens is 272 g/mol. The topological polar surface area (TPSA) is 59.7 Å². The van der Waals surface area contributed by atoms with E-state index in [-0.39, 0.29) is 0 Å². The number of aryl methyl sites for hydroxylation is 1. The van der Waals surface area contributed by atoms with Gasteiger partial charge in [-0.3, -0.25) is 9.36 Å². The first-order chi connectivity index (χ1) is 9.63. The normalized spacial score (nSPS) is 10.6. The van der Waals surface area contributed by atoms with Crippen molar-refractivity contribution in [1.82, 2.24) is 24.9 Å². The first kappa shape index (κ1) is 14.5. The Kier molecular flexibility index (Phi) is 4.73. The largest absolute Gasteiger partial charge is 0.363 e. The van der Waals surface area contributed by atoms with Crippen LogP contribution in [0.1, 0.15) is 25.1 Å².